The van der Waals surface area contributed by atoms with Crippen LogP contribution in [0.1, 0.15) is 214 Å². The van der Waals surface area contributed by atoms with Crippen LogP contribution in [0.4, 0.5) is 0 Å². The molecule has 0 radical (unpaired) electrons. The van der Waals surface area contributed by atoms with E-state index in [0.29, 0.717) is 22.7 Å². The van der Waals surface area contributed by atoms with Crippen molar-refractivity contribution in [1.29, 1.82) is 0 Å². The van der Waals surface area contributed by atoms with E-state index in [2.05, 4.69) is 362 Å². The van der Waals surface area contributed by atoms with Crippen LogP contribution in [0.25, 0.3) is 45.0 Å². The molecule has 0 atom stereocenters. The minimum atomic E-state index is -1.94. The summed E-state index contributed by atoms with van der Waals surface area (Å²) in [5, 5.41) is 0. The first-order chi connectivity index (χ1) is 48.8. The predicted octanol–water partition coefficient (Wildman–Crippen LogP) is 22.7. The summed E-state index contributed by atoms with van der Waals surface area (Å²) in [5.41, 5.74) is 29.3. The van der Waals surface area contributed by atoms with Gasteiger partial charge in [0.25, 0.3) is 0 Å². The summed E-state index contributed by atoms with van der Waals surface area (Å²) in [6.07, 6.45) is 27.3. The second kappa shape index (κ2) is 36.0. The van der Waals surface area contributed by atoms with E-state index in [4.69, 9.17) is 0 Å². The molecule has 0 spiro atoms. The van der Waals surface area contributed by atoms with Gasteiger partial charge in [0.05, 0.1) is 0 Å². The summed E-state index contributed by atoms with van der Waals surface area (Å²) in [6.45, 7) is 41.3. The third kappa shape index (κ3) is 24.8. The van der Waals surface area contributed by atoms with Crippen LogP contribution in [-0.2, 0) is 65.7 Å². The molecule has 0 unspecified atom stereocenters. The van der Waals surface area contributed by atoms with Crippen molar-refractivity contribution < 1.29 is 18.3 Å². The van der Waals surface area contributed by atoms with Crippen LogP contribution in [0.2, 0.25) is 69.1 Å². The summed E-state index contributed by atoms with van der Waals surface area (Å²) in [6, 6.07) is 37.9. The summed E-state index contributed by atoms with van der Waals surface area (Å²) in [4.78, 5) is 0. The Labute approximate surface area is 662 Å². The van der Waals surface area contributed by atoms with E-state index in [1.165, 1.54) is 154 Å². The van der Waals surface area contributed by atoms with Crippen molar-refractivity contribution in [2.45, 2.75) is 289 Å². The fourth-order valence-electron chi connectivity index (χ4n) is 16.7. The van der Waals surface area contributed by atoms with E-state index in [9.17, 15) is 0 Å². The molecule has 4 nitrogen and oxygen atoms in total. The molecule has 2 saturated carbocycles. The standard InChI is InChI=1S/C25H38GeN.2C25H40GeN.C23H34GeN/c1-18(2)21-13-12-19(3)23(15-21)25-16-22(14-20-10-8-9-11-20)24(17-27(25)7)26(4,5)6;1-18-14-20(25(5,6)7)12-13-21(18)23-15-19(16-24(2,3)4)22(17-27(23)11)26(8,9)10;1-18(2)13-20-11-12-22(19(3)14-20)24-15-21(16-25(4,5)6)23(17-27(24)10)26(7,8)9;1-17-11-12-18(2)21(13-17)23-15-20(14-19-9-7-8-10-19)22(16-25(23)6)24(3,4)5/h12-13,15-18,20H,8-11,14H2,1-7H3;12-15,17H,16H2,1-11H3;11-12,14-15,17-18H,13,16H2,1-10H3;11-13,15-16,19H,7-10,14H2,1-6H3/q4*+1. The SMILES string of the molecule is Cc1cc(C(C)(C)C)ccc1-c1cc(CC(C)(C)C)[c]([Ge]([CH3])([CH3])[CH3])c[n+]1C.Cc1cc(CC(C)C)ccc1-c1cc(CC(C)(C)C)[c]([Ge]([CH3])([CH3])[CH3])c[n+]1C.Cc1ccc(C(C)C)cc1-c1cc(CC2CCCC2)[c]([Ge]([CH3])([CH3])[CH3])c[n+]1C.Cc1ccc(C)c(-c2cc(CC3CCCC3)[c]([Ge]([CH3])([CH3])[CH3])c[n+]2C)c1. The van der Waals surface area contributed by atoms with Gasteiger partial charge in [0, 0.05) is 0 Å². The molecule has 0 N–H and O–H groups in total. The Bertz CT molecular complexity index is 4310. The van der Waals surface area contributed by atoms with E-state index < -0.39 is 53.1 Å². The van der Waals surface area contributed by atoms with Gasteiger partial charge in [-0.15, -0.1) is 0 Å². The molecule has 576 valence electrons. The Hall–Kier alpha value is -4.35. The van der Waals surface area contributed by atoms with Crippen LogP contribution in [0, 0.1) is 63.2 Å². The molecule has 8 heteroatoms. The van der Waals surface area contributed by atoms with Crippen LogP contribution < -0.4 is 35.9 Å². The van der Waals surface area contributed by atoms with E-state index in [-0.39, 0.29) is 5.41 Å². The molecule has 0 amide bonds. The molecule has 2 aliphatic rings. The van der Waals surface area contributed by atoms with Crippen molar-refractivity contribution in [2.24, 2.45) is 56.8 Å². The molecule has 2 aliphatic carbocycles. The van der Waals surface area contributed by atoms with Crippen molar-refractivity contribution in [1.82, 2.24) is 0 Å². The Morgan fingerprint density at radius 1 is 0.368 bits per heavy atom. The van der Waals surface area contributed by atoms with Gasteiger partial charge < -0.3 is 0 Å². The molecule has 2 fully saturated rings. The van der Waals surface area contributed by atoms with Crippen LogP contribution in [-0.4, -0.2) is 53.1 Å². The topological polar surface area (TPSA) is 15.5 Å². The van der Waals surface area contributed by atoms with Gasteiger partial charge >= 0.3 is 668 Å². The van der Waals surface area contributed by atoms with Crippen molar-refractivity contribution in [3.63, 3.8) is 0 Å². The molecule has 8 aromatic rings. The average Bonchev–Trinajstić information content (AvgIpc) is 0.858. The third-order valence-electron chi connectivity index (χ3n) is 22.5. The Morgan fingerprint density at radius 3 is 1.05 bits per heavy atom. The van der Waals surface area contributed by atoms with Gasteiger partial charge in [-0.05, 0) is 0 Å². The summed E-state index contributed by atoms with van der Waals surface area (Å²) >= 11 is -7.67. The normalized spacial score (nSPS) is 14.3. The Morgan fingerprint density at radius 2 is 0.708 bits per heavy atom. The number of pyridine rings is 4. The zero-order chi connectivity index (χ0) is 79.3. The van der Waals surface area contributed by atoms with Crippen LogP contribution >= 0.6 is 0 Å². The quantitative estimate of drug-likeness (QED) is 0.0638. The van der Waals surface area contributed by atoms with Gasteiger partial charge in [0.1, 0.15) is 0 Å². The first kappa shape index (κ1) is 88.9. The molecule has 106 heavy (non-hydrogen) atoms. The van der Waals surface area contributed by atoms with Crippen molar-refractivity contribution in [2.75, 3.05) is 0 Å². The number of aryl methyl sites for hydroxylation is 9. The number of benzene rings is 4. The minimum absolute atomic E-state index is 0.187. The summed E-state index contributed by atoms with van der Waals surface area (Å²) in [5.74, 6) is 33.3. The van der Waals surface area contributed by atoms with Crippen molar-refractivity contribution in [3.8, 4) is 45.0 Å². The van der Waals surface area contributed by atoms with Gasteiger partial charge in [-0.1, -0.05) is 0 Å². The molecule has 4 aromatic heterocycles. The van der Waals surface area contributed by atoms with Gasteiger partial charge in [-0.3, -0.25) is 0 Å². The molecule has 4 heterocycles. The maximum atomic E-state index is 2.55. The predicted molar refractivity (Wildman–Crippen MR) is 477 cm³/mol. The third-order valence-corrected chi connectivity index (χ3v) is 39.9. The van der Waals surface area contributed by atoms with E-state index in [1.54, 1.807) is 39.8 Å². The molecule has 10 rings (SSSR count). The second-order valence-electron chi connectivity index (χ2n) is 41.6. The molecule has 0 saturated heterocycles. The fourth-order valence-corrected chi connectivity index (χ4v) is 31.0. The van der Waals surface area contributed by atoms with Crippen molar-refractivity contribution in [3.05, 3.63) is 189 Å². The van der Waals surface area contributed by atoms with Crippen LogP contribution in [0.3, 0.4) is 0 Å². The Kier molecular flexibility index (Phi) is 30.2. The van der Waals surface area contributed by atoms with Gasteiger partial charge in [-0.2, -0.15) is 0 Å². The summed E-state index contributed by atoms with van der Waals surface area (Å²) < 4.78 is 16.2. The zero-order valence-electron chi connectivity index (χ0n) is 74.3. The molecular weight excluding hydrogens is 1520 g/mol. The zero-order valence-corrected chi connectivity index (χ0v) is 82.7. The molecule has 0 aliphatic heterocycles. The number of rotatable bonds is 17. The van der Waals surface area contributed by atoms with Gasteiger partial charge in [0.15, 0.2) is 0 Å². The second-order valence-corrected chi connectivity index (χ2v) is 83.9. The van der Waals surface area contributed by atoms with Gasteiger partial charge in [-0.25, -0.2) is 0 Å². The van der Waals surface area contributed by atoms with E-state index in [1.807, 2.05) is 0 Å². The fraction of sp³-hybridized carbons (Fsp3) is 0.551. The molecule has 4 aromatic carbocycles. The first-order valence-corrected chi connectivity index (χ1v) is 70.7. The van der Waals surface area contributed by atoms with Gasteiger partial charge in [0.2, 0.25) is 0 Å². The monoisotopic (exact) mass is 1680 g/mol. The number of hydrogen-bond donors (Lipinski definition) is 0. The van der Waals surface area contributed by atoms with Crippen LogP contribution in [0.15, 0.2) is 122 Å². The van der Waals surface area contributed by atoms with E-state index in [0.717, 1.165) is 31.1 Å². The Balaban J connectivity index is 0.000000197. The molecule has 0 bridgehead atoms. The van der Waals surface area contributed by atoms with Crippen LogP contribution in [0.5, 0.6) is 0 Å². The number of nitrogens with zero attached hydrogens (tertiary/aromatic N) is 4. The average molecular weight is 1680 g/mol. The molecular formula is C98H152Ge4N4+4. The number of hydrogen-bond acceptors (Lipinski definition) is 0. The summed E-state index contributed by atoms with van der Waals surface area (Å²) in [7, 11) is 8.90. The number of aromatic nitrogens is 4. The maximum absolute atomic E-state index is 2.55. The first-order valence-electron chi connectivity index (χ1n) is 41.3. The van der Waals surface area contributed by atoms with Crippen molar-refractivity contribution >= 4 is 70.6 Å². The van der Waals surface area contributed by atoms with E-state index >= 15 is 0 Å².